The highest BCUT2D eigenvalue weighted by molar-refractivity contribution is 6.31. The third-order valence-electron chi connectivity index (χ3n) is 4.85. The fraction of sp³-hybridized carbons (Fsp3) is 0.250. The molecule has 34 heavy (non-hydrogen) atoms. The molecule has 3 rings (SSSR count). The van der Waals surface area contributed by atoms with Crippen LogP contribution in [0.15, 0.2) is 42.5 Å². The fourth-order valence-corrected chi connectivity index (χ4v) is 3.77. The summed E-state index contributed by atoms with van der Waals surface area (Å²) in [5, 5.41) is 0.212. The van der Waals surface area contributed by atoms with Crippen molar-refractivity contribution in [1.82, 2.24) is 4.98 Å². The third-order valence-corrected chi connectivity index (χ3v) is 5.08. The summed E-state index contributed by atoms with van der Waals surface area (Å²) in [5.41, 5.74) is -3.24. The van der Waals surface area contributed by atoms with Crippen LogP contribution in [0.25, 0.3) is 10.9 Å². The Balaban J connectivity index is 2.46. The maximum absolute atomic E-state index is 14.3. The van der Waals surface area contributed by atoms with E-state index in [4.69, 9.17) is 25.8 Å². The van der Waals surface area contributed by atoms with Gasteiger partial charge in [-0.3, -0.25) is 9.59 Å². The zero-order chi connectivity index (χ0) is 25.0. The second-order valence-corrected chi connectivity index (χ2v) is 7.56. The average Bonchev–Trinajstić information content (AvgIpc) is 3.15. The predicted molar refractivity (Wildman–Crippen MR) is 120 cm³/mol. The third kappa shape index (κ3) is 4.51. The van der Waals surface area contributed by atoms with Crippen LogP contribution in [0.2, 0.25) is 5.02 Å². The summed E-state index contributed by atoms with van der Waals surface area (Å²) >= 11 is 6.03. The molecule has 0 bridgehead atoms. The molecule has 0 aliphatic rings. The Labute approximate surface area is 198 Å². The molecule has 1 aromatic heterocycles. The van der Waals surface area contributed by atoms with Crippen LogP contribution < -0.4 is 0 Å². The van der Waals surface area contributed by atoms with Gasteiger partial charge in [0.15, 0.2) is 0 Å². The molecule has 178 valence electrons. The molecule has 1 heterocycles. The van der Waals surface area contributed by atoms with Crippen LogP contribution >= 0.6 is 11.6 Å². The molecule has 8 nitrogen and oxygen atoms in total. The molecule has 3 aromatic rings. The Kier molecular flexibility index (Phi) is 7.36. The minimum absolute atomic E-state index is 0.0484. The van der Waals surface area contributed by atoms with Gasteiger partial charge in [0.1, 0.15) is 5.82 Å². The van der Waals surface area contributed by atoms with E-state index in [0.29, 0.717) is 0 Å². The van der Waals surface area contributed by atoms with Gasteiger partial charge in [0.2, 0.25) is 5.78 Å². The first-order chi connectivity index (χ1) is 16.1. The van der Waals surface area contributed by atoms with Gasteiger partial charge < -0.3 is 19.2 Å². The number of hydrogen-bond acceptors (Lipinski definition) is 7. The summed E-state index contributed by atoms with van der Waals surface area (Å²) in [6.45, 7) is 3.56. The van der Waals surface area contributed by atoms with E-state index in [-0.39, 0.29) is 40.4 Å². The number of aromatic nitrogens is 1. The fourth-order valence-electron chi connectivity index (χ4n) is 3.58. The summed E-state index contributed by atoms with van der Waals surface area (Å²) in [6.07, 6.45) is 0. The second kappa shape index (κ2) is 10.0. The number of esters is 3. The molecule has 2 aromatic carbocycles. The Morgan fingerprint density at radius 3 is 2.21 bits per heavy atom. The summed E-state index contributed by atoms with van der Waals surface area (Å²) < 4.78 is 29.8. The van der Waals surface area contributed by atoms with Crippen LogP contribution in [-0.4, -0.2) is 41.9 Å². The minimum atomic E-state index is -2.84. The number of halogens is 2. The topological polar surface area (TPSA) is 112 Å². The molecule has 0 atom stereocenters. The second-order valence-electron chi connectivity index (χ2n) is 7.12. The van der Waals surface area contributed by atoms with E-state index in [0.717, 1.165) is 19.1 Å². The number of H-pyrrole nitrogens is 1. The van der Waals surface area contributed by atoms with Crippen molar-refractivity contribution in [2.75, 3.05) is 13.2 Å². The van der Waals surface area contributed by atoms with Crippen molar-refractivity contribution in [2.24, 2.45) is 0 Å². The molecule has 0 unspecified atom stereocenters. The first kappa shape index (κ1) is 24.9. The lowest BCUT2D eigenvalue weighted by molar-refractivity contribution is -0.197. The zero-order valence-electron chi connectivity index (χ0n) is 18.6. The lowest BCUT2D eigenvalue weighted by Gasteiger charge is -2.29. The van der Waals surface area contributed by atoms with E-state index in [1.54, 1.807) is 6.07 Å². The van der Waals surface area contributed by atoms with Crippen molar-refractivity contribution in [3.63, 3.8) is 0 Å². The highest BCUT2D eigenvalue weighted by Gasteiger charge is 2.58. The van der Waals surface area contributed by atoms with Crippen molar-refractivity contribution in [1.29, 1.82) is 0 Å². The van der Waals surface area contributed by atoms with Gasteiger partial charge in [-0.25, -0.2) is 14.0 Å². The van der Waals surface area contributed by atoms with Crippen LogP contribution in [-0.2, 0) is 34.2 Å². The average molecular weight is 490 g/mol. The molecule has 0 saturated heterocycles. The maximum Gasteiger partial charge on any atom is 0.367 e. The van der Waals surface area contributed by atoms with Gasteiger partial charge in [-0.1, -0.05) is 23.7 Å². The van der Waals surface area contributed by atoms with E-state index >= 15 is 0 Å². The van der Waals surface area contributed by atoms with Crippen molar-refractivity contribution >= 4 is 46.2 Å². The van der Waals surface area contributed by atoms with Gasteiger partial charge in [-0.2, -0.15) is 0 Å². The van der Waals surface area contributed by atoms with Gasteiger partial charge in [-0.15, -0.1) is 0 Å². The summed E-state index contributed by atoms with van der Waals surface area (Å²) in [5.74, 6) is -5.05. The summed E-state index contributed by atoms with van der Waals surface area (Å²) in [4.78, 5) is 55.0. The van der Waals surface area contributed by atoms with Crippen LogP contribution in [0.4, 0.5) is 4.39 Å². The standard InChI is InChI=1S/C24H21ClFNO7/c1-4-32-22(30)24(34-13(3)28,23(31)33-5-2)19-17-12-16(26)9-10-18(17)27-20(19)21(29)14-7-6-8-15(25)11-14/h6-12,27H,4-5H2,1-3H3. The number of benzene rings is 2. The predicted octanol–water partition coefficient (Wildman–Crippen LogP) is 4.08. The first-order valence-corrected chi connectivity index (χ1v) is 10.7. The Morgan fingerprint density at radius 1 is 1.00 bits per heavy atom. The van der Waals surface area contributed by atoms with Crippen LogP contribution in [0.1, 0.15) is 42.4 Å². The Bertz CT molecular complexity index is 1270. The number of rotatable bonds is 8. The van der Waals surface area contributed by atoms with E-state index < -0.39 is 40.7 Å². The quantitative estimate of drug-likeness (QED) is 0.219. The van der Waals surface area contributed by atoms with Gasteiger partial charge in [0.25, 0.3) is 0 Å². The Morgan fingerprint density at radius 2 is 1.65 bits per heavy atom. The Hall–Kier alpha value is -3.72. The van der Waals surface area contributed by atoms with E-state index in [9.17, 15) is 23.6 Å². The van der Waals surface area contributed by atoms with Crippen LogP contribution in [0.5, 0.6) is 0 Å². The lowest BCUT2D eigenvalue weighted by Crippen LogP contribution is -2.50. The number of carbonyl (C=O) groups excluding carboxylic acids is 4. The van der Waals surface area contributed by atoms with Crippen molar-refractivity contribution < 1.29 is 37.8 Å². The molecule has 10 heteroatoms. The molecular formula is C24H21ClFNO7. The summed E-state index contributed by atoms with van der Waals surface area (Å²) in [6, 6.07) is 9.38. The SMILES string of the molecule is CCOC(=O)C(OC(C)=O)(C(=O)OCC)c1c(C(=O)c2cccc(Cl)c2)[nH]c2ccc(F)cc12. The smallest absolute Gasteiger partial charge is 0.367 e. The highest BCUT2D eigenvalue weighted by atomic mass is 35.5. The van der Waals surface area contributed by atoms with E-state index in [1.807, 2.05) is 0 Å². The molecule has 0 aliphatic carbocycles. The molecule has 0 saturated carbocycles. The maximum atomic E-state index is 14.3. The normalized spacial score (nSPS) is 11.2. The monoisotopic (exact) mass is 489 g/mol. The van der Waals surface area contributed by atoms with E-state index in [1.165, 1.54) is 38.1 Å². The molecule has 0 aliphatic heterocycles. The van der Waals surface area contributed by atoms with Crippen molar-refractivity contribution in [3.8, 4) is 0 Å². The minimum Gasteiger partial charge on any atom is -0.462 e. The summed E-state index contributed by atoms with van der Waals surface area (Å²) in [7, 11) is 0. The highest BCUT2D eigenvalue weighted by Crippen LogP contribution is 2.39. The van der Waals surface area contributed by atoms with Gasteiger partial charge in [0, 0.05) is 28.4 Å². The molecule has 0 radical (unpaired) electrons. The number of carbonyl (C=O) groups is 4. The molecule has 1 N–H and O–H groups in total. The molecule has 0 amide bonds. The molecule has 0 spiro atoms. The number of nitrogens with one attached hydrogen (secondary N) is 1. The lowest BCUT2D eigenvalue weighted by atomic mass is 9.88. The number of ketones is 1. The molecule has 0 fully saturated rings. The van der Waals surface area contributed by atoms with Gasteiger partial charge in [0.05, 0.1) is 24.5 Å². The van der Waals surface area contributed by atoms with Crippen LogP contribution in [0, 0.1) is 5.82 Å². The van der Waals surface area contributed by atoms with Gasteiger partial charge in [-0.05, 0) is 44.2 Å². The van der Waals surface area contributed by atoms with Crippen molar-refractivity contribution in [2.45, 2.75) is 26.4 Å². The van der Waals surface area contributed by atoms with E-state index in [2.05, 4.69) is 4.98 Å². The number of fused-ring (bicyclic) bond motifs is 1. The first-order valence-electron chi connectivity index (χ1n) is 10.3. The number of aromatic amines is 1. The van der Waals surface area contributed by atoms with Gasteiger partial charge >= 0.3 is 23.5 Å². The largest absolute Gasteiger partial charge is 0.462 e. The zero-order valence-corrected chi connectivity index (χ0v) is 19.3. The van der Waals surface area contributed by atoms with Crippen molar-refractivity contribution in [3.05, 3.63) is 70.1 Å². The number of ether oxygens (including phenoxy) is 3. The number of hydrogen-bond donors (Lipinski definition) is 1. The van der Waals surface area contributed by atoms with Crippen LogP contribution in [0.3, 0.4) is 0 Å². The molecular weight excluding hydrogens is 469 g/mol.